The molecular formula is C72H135NO3. The molecule has 0 spiro atoms. The van der Waals surface area contributed by atoms with Crippen LogP contribution in [0.15, 0.2) is 60.8 Å². The van der Waals surface area contributed by atoms with Crippen molar-refractivity contribution in [3.05, 3.63) is 60.8 Å². The number of carbonyl (C=O) groups excluding carboxylic acids is 1. The summed E-state index contributed by atoms with van der Waals surface area (Å²) in [4.78, 5) is 12.6. The van der Waals surface area contributed by atoms with Gasteiger partial charge in [0, 0.05) is 6.42 Å². The molecule has 0 aromatic rings. The van der Waals surface area contributed by atoms with E-state index in [2.05, 4.69) is 79.9 Å². The lowest BCUT2D eigenvalue weighted by Gasteiger charge is -2.22. The first-order valence-electron chi connectivity index (χ1n) is 34.5. The lowest BCUT2D eigenvalue weighted by atomic mass is 10.0. The minimum absolute atomic E-state index is 0.0242. The molecule has 0 aromatic carbocycles. The van der Waals surface area contributed by atoms with Crippen LogP contribution in [-0.2, 0) is 4.79 Å². The number of aliphatic hydroxyl groups excluding tert-OH is 2. The summed E-state index contributed by atoms with van der Waals surface area (Å²) in [5.41, 5.74) is 0. The minimum Gasteiger partial charge on any atom is -0.394 e. The molecule has 0 rings (SSSR count). The lowest BCUT2D eigenvalue weighted by molar-refractivity contribution is -0.123. The van der Waals surface area contributed by atoms with Gasteiger partial charge in [-0.2, -0.15) is 0 Å². The summed E-state index contributed by atoms with van der Waals surface area (Å²) >= 11 is 0. The molecule has 1 amide bonds. The zero-order valence-electron chi connectivity index (χ0n) is 51.5. The maximum atomic E-state index is 12.6. The van der Waals surface area contributed by atoms with Crippen LogP contribution in [0.4, 0.5) is 0 Å². The topological polar surface area (TPSA) is 69.6 Å². The first kappa shape index (κ1) is 74.1. The van der Waals surface area contributed by atoms with Crippen molar-refractivity contribution in [3.8, 4) is 0 Å². The standard InChI is InChI=1S/C72H135NO3/c1-3-5-7-9-11-13-15-17-19-21-23-25-27-29-31-32-33-34-35-36-37-38-39-40-42-44-46-48-50-52-54-56-58-60-62-64-66-68-72(76)73-70(69-74)71(75)67-65-63-61-59-57-55-53-51-49-47-45-43-41-30-28-26-24-22-20-18-16-14-12-10-8-6-4-2/h5,7,11,13,17,19,23,25,29,31,70-71,74-75H,3-4,6,8-10,12,14-16,18,20-22,24,26-28,30,32-69H2,1-2H3,(H,73,76)/b7-5-,13-11-,19-17-,25-23-,31-29-. The Morgan fingerprint density at radius 2 is 0.579 bits per heavy atom. The number of aliphatic hydroxyl groups is 2. The molecule has 3 N–H and O–H groups in total. The van der Waals surface area contributed by atoms with E-state index in [4.69, 9.17) is 0 Å². The maximum absolute atomic E-state index is 12.6. The molecule has 0 fully saturated rings. The van der Waals surface area contributed by atoms with E-state index in [1.165, 1.54) is 289 Å². The number of nitrogens with one attached hydrogen (secondary N) is 1. The van der Waals surface area contributed by atoms with Crippen LogP contribution >= 0.6 is 0 Å². The Balaban J connectivity index is 3.40. The van der Waals surface area contributed by atoms with Crippen LogP contribution in [0.5, 0.6) is 0 Å². The molecule has 0 aliphatic carbocycles. The molecule has 0 heterocycles. The second-order valence-electron chi connectivity index (χ2n) is 23.6. The highest BCUT2D eigenvalue weighted by molar-refractivity contribution is 5.76. The highest BCUT2D eigenvalue weighted by atomic mass is 16.3. The number of hydrogen-bond acceptors (Lipinski definition) is 3. The van der Waals surface area contributed by atoms with Crippen LogP contribution in [-0.4, -0.2) is 34.9 Å². The Morgan fingerprint density at radius 3 is 0.868 bits per heavy atom. The van der Waals surface area contributed by atoms with Gasteiger partial charge in [0.1, 0.15) is 0 Å². The van der Waals surface area contributed by atoms with E-state index in [-0.39, 0.29) is 12.5 Å². The Labute approximate surface area is 477 Å². The average molecular weight is 1060 g/mol. The van der Waals surface area contributed by atoms with Crippen molar-refractivity contribution in [3.63, 3.8) is 0 Å². The molecule has 0 radical (unpaired) electrons. The van der Waals surface area contributed by atoms with E-state index in [1.807, 2.05) is 0 Å². The Morgan fingerprint density at radius 1 is 0.329 bits per heavy atom. The predicted molar refractivity (Wildman–Crippen MR) is 341 cm³/mol. The van der Waals surface area contributed by atoms with Gasteiger partial charge in [-0.25, -0.2) is 0 Å². The first-order valence-corrected chi connectivity index (χ1v) is 34.5. The zero-order valence-corrected chi connectivity index (χ0v) is 51.5. The highest BCUT2D eigenvalue weighted by Gasteiger charge is 2.20. The van der Waals surface area contributed by atoms with Gasteiger partial charge < -0.3 is 15.5 Å². The molecule has 2 unspecified atom stereocenters. The molecule has 0 aliphatic heterocycles. The molecule has 4 nitrogen and oxygen atoms in total. The predicted octanol–water partition coefficient (Wildman–Crippen LogP) is 23.5. The molecule has 0 saturated heterocycles. The molecule has 2 atom stereocenters. The normalized spacial score (nSPS) is 13.1. The van der Waals surface area contributed by atoms with Crippen molar-refractivity contribution in [1.82, 2.24) is 5.32 Å². The summed E-state index contributed by atoms with van der Waals surface area (Å²) < 4.78 is 0. The fourth-order valence-electron chi connectivity index (χ4n) is 10.9. The first-order chi connectivity index (χ1) is 37.7. The van der Waals surface area contributed by atoms with Gasteiger partial charge in [0.15, 0.2) is 0 Å². The number of allylic oxidation sites excluding steroid dienone is 10. The van der Waals surface area contributed by atoms with Crippen LogP contribution < -0.4 is 5.32 Å². The molecule has 0 aromatic heterocycles. The van der Waals surface area contributed by atoms with Crippen molar-refractivity contribution >= 4 is 5.91 Å². The largest absolute Gasteiger partial charge is 0.394 e. The summed E-state index contributed by atoms with van der Waals surface area (Å²) in [5, 5.41) is 23.5. The lowest BCUT2D eigenvalue weighted by Crippen LogP contribution is -2.45. The van der Waals surface area contributed by atoms with Crippen molar-refractivity contribution in [1.29, 1.82) is 0 Å². The van der Waals surface area contributed by atoms with Gasteiger partial charge in [-0.3, -0.25) is 4.79 Å². The molecule has 4 heteroatoms. The molecule has 76 heavy (non-hydrogen) atoms. The molecule has 0 bridgehead atoms. The van der Waals surface area contributed by atoms with Gasteiger partial charge in [0.2, 0.25) is 5.91 Å². The Kier molecular flexibility index (Phi) is 65.7. The van der Waals surface area contributed by atoms with Crippen molar-refractivity contribution in [2.75, 3.05) is 6.61 Å². The van der Waals surface area contributed by atoms with E-state index in [1.54, 1.807) is 0 Å². The second-order valence-corrected chi connectivity index (χ2v) is 23.6. The van der Waals surface area contributed by atoms with Crippen LogP contribution in [0.2, 0.25) is 0 Å². The molecule has 0 saturated carbocycles. The van der Waals surface area contributed by atoms with Crippen LogP contribution in [0.3, 0.4) is 0 Å². The van der Waals surface area contributed by atoms with E-state index in [9.17, 15) is 15.0 Å². The molecule has 446 valence electrons. The van der Waals surface area contributed by atoms with E-state index in [0.717, 1.165) is 57.8 Å². The summed E-state index contributed by atoms with van der Waals surface area (Å²) in [6.45, 7) is 4.28. The van der Waals surface area contributed by atoms with Crippen molar-refractivity contribution in [2.45, 2.75) is 386 Å². The fraction of sp³-hybridized carbons (Fsp3) is 0.847. The minimum atomic E-state index is -0.661. The quantitative estimate of drug-likeness (QED) is 0.0420. The highest BCUT2D eigenvalue weighted by Crippen LogP contribution is 2.19. The Hall–Kier alpha value is -1.91. The van der Waals surface area contributed by atoms with E-state index in [0.29, 0.717) is 12.8 Å². The number of unbranched alkanes of at least 4 members (excludes halogenated alkanes) is 47. The zero-order chi connectivity index (χ0) is 54.8. The smallest absolute Gasteiger partial charge is 0.220 e. The van der Waals surface area contributed by atoms with Gasteiger partial charge >= 0.3 is 0 Å². The SMILES string of the molecule is CC/C=C\C/C=C\C/C=C\C/C=C\C/C=C\CCCCCCCCCCCCCCCCCCCCCCCC(=O)NC(CO)C(O)CCCCCCCCCCCCCCCCCCCCCCCCCCCCC. The van der Waals surface area contributed by atoms with E-state index < -0.39 is 12.1 Å². The van der Waals surface area contributed by atoms with Gasteiger partial charge in [-0.15, -0.1) is 0 Å². The van der Waals surface area contributed by atoms with Crippen molar-refractivity contribution < 1.29 is 15.0 Å². The Bertz CT molecular complexity index is 1250. The number of carbonyl (C=O) groups is 1. The van der Waals surface area contributed by atoms with Crippen LogP contribution in [0.1, 0.15) is 373 Å². The van der Waals surface area contributed by atoms with Crippen LogP contribution in [0.25, 0.3) is 0 Å². The number of hydrogen-bond donors (Lipinski definition) is 3. The third-order valence-corrected chi connectivity index (χ3v) is 16.0. The number of amides is 1. The third-order valence-electron chi connectivity index (χ3n) is 16.0. The van der Waals surface area contributed by atoms with Crippen molar-refractivity contribution in [2.24, 2.45) is 0 Å². The summed E-state index contributed by atoms with van der Waals surface area (Å²) in [6.07, 6.45) is 95.6. The second kappa shape index (κ2) is 67.4. The molecule has 0 aliphatic rings. The van der Waals surface area contributed by atoms with Gasteiger partial charge in [-0.05, 0) is 57.8 Å². The molecular weight excluding hydrogens is 927 g/mol. The summed E-state index contributed by atoms with van der Waals surface area (Å²) in [5.74, 6) is -0.0242. The van der Waals surface area contributed by atoms with Gasteiger partial charge in [-0.1, -0.05) is 370 Å². The van der Waals surface area contributed by atoms with Crippen LogP contribution in [0, 0.1) is 0 Å². The summed E-state index contributed by atoms with van der Waals surface area (Å²) in [7, 11) is 0. The van der Waals surface area contributed by atoms with Gasteiger partial charge in [0.25, 0.3) is 0 Å². The fourth-order valence-corrected chi connectivity index (χ4v) is 10.9. The van der Waals surface area contributed by atoms with Gasteiger partial charge in [0.05, 0.1) is 18.8 Å². The average Bonchev–Trinajstić information content (AvgIpc) is 3.42. The maximum Gasteiger partial charge on any atom is 0.220 e. The number of rotatable bonds is 64. The monoisotopic (exact) mass is 1060 g/mol. The summed E-state index contributed by atoms with van der Waals surface area (Å²) in [6, 6.07) is -0.538. The van der Waals surface area contributed by atoms with E-state index >= 15 is 0 Å². The third kappa shape index (κ3) is 62.9.